The van der Waals surface area contributed by atoms with Gasteiger partial charge in [0.05, 0.1) is 0 Å². The summed E-state index contributed by atoms with van der Waals surface area (Å²) in [7, 11) is -4.15. The summed E-state index contributed by atoms with van der Waals surface area (Å²) < 4.78 is 46.9. The second-order valence-electron chi connectivity index (χ2n) is 2.80. The Morgan fingerprint density at radius 2 is 2.07 bits per heavy atom. The Labute approximate surface area is 90.1 Å². The van der Waals surface area contributed by atoms with Crippen LogP contribution in [0.1, 0.15) is 17.6 Å². The topological polar surface area (TPSA) is 73.0 Å². The van der Waals surface area contributed by atoms with Crippen LogP contribution in [0.2, 0.25) is 5.15 Å². The smallest absolute Gasteiger partial charge is 0.243 e. The molecule has 0 aliphatic carbocycles. The number of halogens is 3. The molecule has 0 saturated carbocycles. The lowest BCUT2D eigenvalue weighted by atomic mass is 10.2. The number of hydrogen-bond acceptors (Lipinski definition) is 3. The Morgan fingerprint density at radius 1 is 1.53 bits per heavy atom. The highest BCUT2D eigenvalue weighted by molar-refractivity contribution is 7.89. The molecule has 1 rings (SSSR count). The average Bonchev–Trinajstić information content (AvgIpc) is 2.00. The third-order valence-corrected chi connectivity index (χ3v) is 3.26. The van der Waals surface area contributed by atoms with Crippen molar-refractivity contribution in [2.75, 3.05) is 0 Å². The van der Waals surface area contributed by atoms with Gasteiger partial charge in [-0.3, -0.25) is 0 Å². The van der Waals surface area contributed by atoms with Gasteiger partial charge in [0, 0.05) is 11.8 Å². The second kappa shape index (κ2) is 3.99. The lowest BCUT2D eigenvalue weighted by Gasteiger charge is -2.09. The Kier molecular flexibility index (Phi) is 3.27. The van der Waals surface area contributed by atoms with Crippen LogP contribution < -0.4 is 5.14 Å². The summed E-state index contributed by atoms with van der Waals surface area (Å²) in [6.45, 7) is 1.20. The summed E-state index contributed by atoms with van der Waals surface area (Å²) in [5, 5.41) is 4.43. The maximum atomic E-state index is 12.4. The Bertz CT molecular complexity index is 490. The first kappa shape index (κ1) is 12.3. The lowest BCUT2D eigenvalue weighted by Crippen LogP contribution is -2.16. The molecular formula is C7H7ClF2N2O2S. The minimum atomic E-state index is -4.15. The van der Waals surface area contributed by atoms with E-state index in [1.807, 2.05) is 0 Å². The molecule has 0 atom stereocenters. The van der Waals surface area contributed by atoms with Crippen LogP contribution in [0, 0.1) is 6.92 Å². The van der Waals surface area contributed by atoms with Crippen molar-refractivity contribution in [1.82, 2.24) is 4.98 Å². The van der Waals surface area contributed by atoms with Gasteiger partial charge in [-0.15, -0.1) is 0 Å². The van der Waals surface area contributed by atoms with E-state index in [-0.39, 0.29) is 5.56 Å². The molecule has 0 fully saturated rings. The predicted octanol–water partition coefficient (Wildman–Crippen LogP) is 1.63. The summed E-state index contributed by atoms with van der Waals surface area (Å²) in [4.78, 5) is 2.80. The number of sulfonamides is 1. The fourth-order valence-electron chi connectivity index (χ4n) is 1.12. The van der Waals surface area contributed by atoms with Crippen molar-refractivity contribution in [3.05, 3.63) is 22.5 Å². The summed E-state index contributed by atoms with van der Waals surface area (Å²) >= 11 is 5.48. The Morgan fingerprint density at radius 3 is 2.47 bits per heavy atom. The monoisotopic (exact) mass is 256 g/mol. The van der Waals surface area contributed by atoms with Crippen molar-refractivity contribution in [2.45, 2.75) is 18.2 Å². The molecule has 1 aromatic rings. The van der Waals surface area contributed by atoms with Crippen LogP contribution in [0.3, 0.4) is 0 Å². The lowest BCUT2D eigenvalue weighted by molar-refractivity contribution is 0.150. The fourth-order valence-corrected chi connectivity index (χ4v) is 2.46. The molecule has 0 aromatic carbocycles. The van der Waals surface area contributed by atoms with Gasteiger partial charge >= 0.3 is 0 Å². The number of hydrogen-bond donors (Lipinski definition) is 1. The summed E-state index contributed by atoms with van der Waals surface area (Å²) in [5.74, 6) is 0. The number of rotatable bonds is 2. The molecule has 0 aliphatic heterocycles. The average molecular weight is 257 g/mol. The molecule has 0 radical (unpaired) electrons. The maximum absolute atomic E-state index is 12.4. The largest absolute Gasteiger partial charge is 0.265 e. The standard InChI is InChI=1S/C7H7ClF2N2O2S/c1-3-4(7(9)10)2-12-6(8)5(3)15(11,13)14/h2,7H,1H3,(H2,11,13,14). The number of nitrogens with zero attached hydrogens (tertiary/aromatic N) is 1. The highest BCUT2D eigenvalue weighted by Gasteiger charge is 2.23. The van der Waals surface area contributed by atoms with Crippen molar-refractivity contribution >= 4 is 21.6 Å². The SMILES string of the molecule is Cc1c(C(F)F)cnc(Cl)c1S(N)(=O)=O. The van der Waals surface area contributed by atoms with Gasteiger partial charge < -0.3 is 0 Å². The van der Waals surface area contributed by atoms with Crippen LogP contribution in [0.25, 0.3) is 0 Å². The van der Waals surface area contributed by atoms with E-state index < -0.39 is 32.1 Å². The van der Waals surface area contributed by atoms with Crippen LogP contribution in [0.15, 0.2) is 11.1 Å². The normalized spacial score (nSPS) is 12.1. The zero-order chi connectivity index (χ0) is 11.8. The maximum Gasteiger partial charge on any atom is 0.265 e. The first-order valence-electron chi connectivity index (χ1n) is 3.71. The predicted molar refractivity (Wildman–Crippen MR) is 50.3 cm³/mol. The van der Waals surface area contributed by atoms with Gasteiger partial charge in [-0.1, -0.05) is 11.6 Å². The van der Waals surface area contributed by atoms with Gasteiger partial charge in [0.15, 0.2) is 0 Å². The van der Waals surface area contributed by atoms with Crippen LogP contribution in [-0.2, 0) is 10.0 Å². The molecule has 0 amide bonds. The quantitative estimate of drug-likeness (QED) is 0.818. The van der Waals surface area contributed by atoms with Crippen molar-refractivity contribution in [3.8, 4) is 0 Å². The third kappa shape index (κ3) is 2.42. The molecular weight excluding hydrogens is 250 g/mol. The first-order valence-corrected chi connectivity index (χ1v) is 5.63. The molecule has 1 aromatic heterocycles. The number of alkyl halides is 2. The zero-order valence-electron chi connectivity index (χ0n) is 7.54. The highest BCUT2D eigenvalue weighted by atomic mass is 35.5. The van der Waals surface area contributed by atoms with E-state index in [0.717, 1.165) is 6.20 Å². The van der Waals surface area contributed by atoms with Crippen LogP contribution in [-0.4, -0.2) is 13.4 Å². The minimum Gasteiger partial charge on any atom is -0.243 e. The number of aromatic nitrogens is 1. The molecule has 84 valence electrons. The first-order chi connectivity index (χ1) is 6.75. The van der Waals surface area contributed by atoms with E-state index in [1.165, 1.54) is 6.92 Å². The highest BCUT2D eigenvalue weighted by Crippen LogP contribution is 2.29. The van der Waals surface area contributed by atoms with Gasteiger partial charge in [-0.05, 0) is 12.5 Å². The minimum absolute atomic E-state index is 0.174. The van der Waals surface area contributed by atoms with Gasteiger partial charge in [0.25, 0.3) is 6.43 Å². The zero-order valence-corrected chi connectivity index (χ0v) is 9.11. The summed E-state index contributed by atoms with van der Waals surface area (Å²) in [6, 6.07) is 0. The van der Waals surface area contributed by atoms with Crippen LogP contribution >= 0.6 is 11.6 Å². The van der Waals surface area contributed by atoms with E-state index in [2.05, 4.69) is 4.98 Å². The van der Waals surface area contributed by atoms with Gasteiger partial charge in [0.2, 0.25) is 10.0 Å². The molecule has 0 spiro atoms. The molecule has 4 nitrogen and oxygen atoms in total. The van der Waals surface area contributed by atoms with Gasteiger partial charge in [-0.25, -0.2) is 27.3 Å². The fraction of sp³-hybridized carbons (Fsp3) is 0.286. The van der Waals surface area contributed by atoms with Gasteiger partial charge in [-0.2, -0.15) is 0 Å². The van der Waals surface area contributed by atoms with Crippen molar-refractivity contribution < 1.29 is 17.2 Å². The van der Waals surface area contributed by atoms with E-state index in [9.17, 15) is 17.2 Å². The van der Waals surface area contributed by atoms with E-state index >= 15 is 0 Å². The third-order valence-electron chi connectivity index (χ3n) is 1.80. The second-order valence-corrected chi connectivity index (χ2v) is 4.66. The van der Waals surface area contributed by atoms with Crippen molar-refractivity contribution in [1.29, 1.82) is 0 Å². The van der Waals surface area contributed by atoms with E-state index in [4.69, 9.17) is 16.7 Å². The number of primary sulfonamides is 1. The van der Waals surface area contributed by atoms with Gasteiger partial charge in [0.1, 0.15) is 10.0 Å². The number of nitrogens with two attached hydrogens (primary N) is 1. The Balaban J connectivity index is 3.59. The molecule has 2 N–H and O–H groups in total. The van der Waals surface area contributed by atoms with Crippen LogP contribution in [0.4, 0.5) is 8.78 Å². The molecule has 8 heteroatoms. The molecule has 0 bridgehead atoms. The molecule has 0 aliphatic rings. The summed E-state index contributed by atoms with van der Waals surface area (Å²) in [6.07, 6.45) is -1.99. The Hall–Kier alpha value is -0.790. The van der Waals surface area contributed by atoms with E-state index in [0.29, 0.717) is 0 Å². The molecule has 0 saturated heterocycles. The molecule has 15 heavy (non-hydrogen) atoms. The molecule has 1 heterocycles. The van der Waals surface area contributed by atoms with Crippen molar-refractivity contribution in [3.63, 3.8) is 0 Å². The van der Waals surface area contributed by atoms with E-state index in [1.54, 1.807) is 0 Å². The molecule has 0 unspecified atom stereocenters. The van der Waals surface area contributed by atoms with Crippen LogP contribution in [0.5, 0.6) is 0 Å². The summed E-state index contributed by atoms with van der Waals surface area (Å²) in [5.41, 5.74) is -0.670. The number of pyridine rings is 1. The van der Waals surface area contributed by atoms with Crippen molar-refractivity contribution in [2.24, 2.45) is 5.14 Å².